The number of carbonyl (C=O) groups is 1. The van der Waals surface area contributed by atoms with Crippen LogP contribution in [0.4, 0.5) is 0 Å². The molecule has 0 radical (unpaired) electrons. The molecule has 0 aromatic carbocycles. The van der Waals surface area contributed by atoms with Crippen LogP contribution in [0.25, 0.3) is 0 Å². The second-order valence-electron chi connectivity index (χ2n) is 4.61. The lowest BCUT2D eigenvalue weighted by Crippen LogP contribution is -2.44. The highest BCUT2D eigenvalue weighted by molar-refractivity contribution is 9.10. The molecule has 1 aromatic rings. The van der Waals surface area contributed by atoms with Gasteiger partial charge in [0.25, 0.3) is 5.91 Å². The first-order chi connectivity index (χ1) is 8.09. The lowest BCUT2D eigenvalue weighted by atomic mass is 9.92. The topological polar surface area (TPSA) is 46.3 Å². The summed E-state index contributed by atoms with van der Waals surface area (Å²) >= 11 is 4.91. The Labute approximate surface area is 114 Å². The van der Waals surface area contributed by atoms with E-state index in [9.17, 15) is 4.79 Å². The molecule has 1 amide bonds. The average Bonchev–Trinajstić information content (AvgIpc) is 2.74. The SMILES string of the molecule is C[C@@H](N)[C@H]1CCCN(C(=O)c2sccc2Br)C1. The number of nitrogens with zero attached hydrogens (tertiary/aromatic N) is 1. The molecule has 0 saturated carbocycles. The van der Waals surface area contributed by atoms with E-state index in [0.29, 0.717) is 5.92 Å². The maximum absolute atomic E-state index is 12.3. The van der Waals surface area contributed by atoms with E-state index < -0.39 is 0 Å². The average molecular weight is 317 g/mol. The zero-order valence-corrected chi connectivity index (χ0v) is 12.3. The Morgan fingerprint density at radius 3 is 3.06 bits per heavy atom. The second-order valence-corrected chi connectivity index (χ2v) is 6.38. The minimum absolute atomic E-state index is 0.136. The summed E-state index contributed by atoms with van der Waals surface area (Å²) in [6.45, 7) is 3.67. The molecule has 94 valence electrons. The molecule has 3 nitrogen and oxygen atoms in total. The van der Waals surface area contributed by atoms with E-state index in [1.807, 2.05) is 23.3 Å². The quantitative estimate of drug-likeness (QED) is 0.911. The van der Waals surface area contributed by atoms with Crippen molar-refractivity contribution >= 4 is 33.2 Å². The Morgan fingerprint density at radius 2 is 2.47 bits per heavy atom. The standard InChI is InChI=1S/C12H17BrN2OS/c1-8(14)9-3-2-5-15(7-9)12(16)11-10(13)4-6-17-11/h4,6,8-9H,2-3,5,7,14H2,1H3/t8-,9+/m1/s1. The van der Waals surface area contributed by atoms with Crippen molar-refractivity contribution < 1.29 is 4.79 Å². The van der Waals surface area contributed by atoms with E-state index in [1.165, 1.54) is 11.3 Å². The molecule has 0 spiro atoms. The van der Waals surface area contributed by atoms with Gasteiger partial charge in [-0.05, 0) is 53.1 Å². The van der Waals surface area contributed by atoms with Crippen molar-refractivity contribution in [2.75, 3.05) is 13.1 Å². The molecule has 1 aliphatic heterocycles. The van der Waals surface area contributed by atoms with Gasteiger partial charge in [-0.15, -0.1) is 11.3 Å². The number of rotatable bonds is 2. The molecule has 1 aromatic heterocycles. The Morgan fingerprint density at radius 1 is 1.71 bits per heavy atom. The molecule has 0 aliphatic carbocycles. The van der Waals surface area contributed by atoms with Crippen molar-refractivity contribution in [3.63, 3.8) is 0 Å². The molecule has 5 heteroatoms. The van der Waals surface area contributed by atoms with Crippen molar-refractivity contribution in [2.45, 2.75) is 25.8 Å². The van der Waals surface area contributed by atoms with Crippen LogP contribution in [0.15, 0.2) is 15.9 Å². The van der Waals surface area contributed by atoms with Gasteiger partial charge in [-0.1, -0.05) is 0 Å². The van der Waals surface area contributed by atoms with Crippen LogP contribution in [0, 0.1) is 5.92 Å². The van der Waals surface area contributed by atoms with Crippen LogP contribution in [0.1, 0.15) is 29.4 Å². The van der Waals surface area contributed by atoms with Crippen LogP contribution < -0.4 is 5.73 Å². The normalized spacial score (nSPS) is 22.5. The van der Waals surface area contributed by atoms with Gasteiger partial charge in [0.1, 0.15) is 4.88 Å². The molecule has 0 unspecified atom stereocenters. The smallest absolute Gasteiger partial charge is 0.265 e. The molecule has 2 N–H and O–H groups in total. The van der Waals surface area contributed by atoms with Crippen LogP contribution >= 0.6 is 27.3 Å². The minimum atomic E-state index is 0.136. The number of hydrogen-bond acceptors (Lipinski definition) is 3. The van der Waals surface area contributed by atoms with Crippen molar-refractivity contribution in [3.8, 4) is 0 Å². The van der Waals surface area contributed by atoms with E-state index in [2.05, 4.69) is 15.9 Å². The highest BCUT2D eigenvalue weighted by Crippen LogP contribution is 2.27. The Hall–Kier alpha value is -0.390. The van der Waals surface area contributed by atoms with Gasteiger partial charge in [-0.25, -0.2) is 0 Å². The number of halogens is 1. The molecule has 1 fully saturated rings. The third-order valence-electron chi connectivity index (χ3n) is 3.30. The molecular formula is C12H17BrN2OS. The number of amides is 1. The number of likely N-dealkylation sites (tertiary alicyclic amines) is 1. The summed E-state index contributed by atoms with van der Waals surface area (Å²) in [5.74, 6) is 0.573. The lowest BCUT2D eigenvalue weighted by molar-refractivity contribution is 0.0665. The largest absolute Gasteiger partial charge is 0.338 e. The monoisotopic (exact) mass is 316 g/mol. The van der Waals surface area contributed by atoms with Gasteiger partial charge in [0.2, 0.25) is 0 Å². The summed E-state index contributed by atoms with van der Waals surface area (Å²) < 4.78 is 0.899. The van der Waals surface area contributed by atoms with E-state index in [-0.39, 0.29) is 11.9 Å². The van der Waals surface area contributed by atoms with Crippen LogP contribution in [0.5, 0.6) is 0 Å². The molecule has 2 atom stereocenters. The van der Waals surface area contributed by atoms with Gasteiger partial charge < -0.3 is 10.6 Å². The van der Waals surface area contributed by atoms with E-state index >= 15 is 0 Å². The Kier molecular flexibility index (Phi) is 4.22. The van der Waals surface area contributed by atoms with Crippen molar-refractivity contribution in [1.29, 1.82) is 0 Å². The lowest BCUT2D eigenvalue weighted by Gasteiger charge is -2.34. The van der Waals surface area contributed by atoms with Gasteiger partial charge in [-0.2, -0.15) is 0 Å². The van der Waals surface area contributed by atoms with Crippen molar-refractivity contribution in [1.82, 2.24) is 4.90 Å². The van der Waals surface area contributed by atoms with Crippen LogP contribution in [0.2, 0.25) is 0 Å². The van der Waals surface area contributed by atoms with E-state index in [1.54, 1.807) is 0 Å². The predicted molar refractivity (Wildman–Crippen MR) is 74.3 cm³/mol. The first kappa shape index (κ1) is 13.1. The van der Waals surface area contributed by atoms with Crippen molar-refractivity contribution in [2.24, 2.45) is 11.7 Å². The fraction of sp³-hybridized carbons (Fsp3) is 0.583. The van der Waals surface area contributed by atoms with E-state index in [0.717, 1.165) is 35.3 Å². The first-order valence-corrected chi connectivity index (χ1v) is 7.54. The summed E-state index contributed by atoms with van der Waals surface area (Å²) in [7, 11) is 0. The first-order valence-electron chi connectivity index (χ1n) is 5.87. The van der Waals surface area contributed by atoms with Crippen LogP contribution in [0.3, 0.4) is 0 Å². The predicted octanol–water partition coefficient (Wildman–Crippen LogP) is 2.71. The summed E-state index contributed by atoms with van der Waals surface area (Å²) in [5, 5.41) is 1.93. The number of piperidine rings is 1. The number of hydrogen-bond donors (Lipinski definition) is 1. The minimum Gasteiger partial charge on any atom is -0.338 e. The Bertz CT molecular complexity index is 405. The third-order valence-corrected chi connectivity index (χ3v) is 5.13. The molecule has 1 saturated heterocycles. The van der Waals surface area contributed by atoms with Gasteiger partial charge in [0, 0.05) is 23.6 Å². The fourth-order valence-electron chi connectivity index (χ4n) is 2.21. The van der Waals surface area contributed by atoms with Crippen LogP contribution in [-0.4, -0.2) is 29.9 Å². The Balaban J connectivity index is 2.07. The molecular weight excluding hydrogens is 300 g/mol. The molecule has 0 bridgehead atoms. The van der Waals surface area contributed by atoms with Gasteiger partial charge in [0.15, 0.2) is 0 Å². The van der Waals surface area contributed by atoms with Crippen LogP contribution in [-0.2, 0) is 0 Å². The molecule has 17 heavy (non-hydrogen) atoms. The highest BCUT2D eigenvalue weighted by Gasteiger charge is 2.27. The van der Waals surface area contributed by atoms with Gasteiger partial charge in [-0.3, -0.25) is 4.79 Å². The zero-order chi connectivity index (χ0) is 12.4. The van der Waals surface area contributed by atoms with Gasteiger partial charge in [0.05, 0.1) is 0 Å². The maximum atomic E-state index is 12.3. The number of thiophene rings is 1. The summed E-state index contributed by atoms with van der Waals surface area (Å²) in [6.07, 6.45) is 2.19. The zero-order valence-electron chi connectivity index (χ0n) is 9.86. The fourth-order valence-corrected chi connectivity index (χ4v) is 3.72. The molecule has 2 heterocycles. The highest BCUT2D eigenvalue weighted by atomic mass is 79.9. The number of carbonyl (C=O) groups excluding carboxylic acids is 1. The van der Waals surface area contributed by atoms with E-state index in [4.69, 9.17) is 5.73 Å². The second kappa shape index (κ2) is 5.50. The molecule has 1 aliphatic rings. The van der Waals surface area contributed by atoms with Gasteiger partial charge >= 0.3 is 0 Å². The number of nitrogens with two attached hydrogens (primary N) is 1. The maximum Gasteiger partial charge on any atom is 0.265 e. The summed E-state index contributed by atoms with van der Waals surface area (Å²) in [5.41, 5.74) is 5.93. The summed E-state index contributed by atoms with van der Waals surface area (Å²) in [6, 6.07) is 2.09. The van der Waals surface area contributed by atoms with Crippen molar-refractivity contribution in [3.05, 3.63) is 20.8 Å². The summed E-state index contributed by atoms with van der Waals surface area (Å²) in [4.78, 5) is 15.1. The molecule has 2 rings (SSSR count). The third kappa shape index (κ3) is 2.89.